The molecule has 0 aliphatic carbocycles. The topological polar surface area (TPSA) is 62.4 Å². The number of nitrogens with zero attached hydrogens (tertiary/aromatic N) is 2. The minimum absolute atomic E-state index is 0.258. The Kier molecular flexibility index (Phi) is 3.91. The van der Waals surface area contributed by atoms with E-state index in [1.165, 1.54) is 0 Å². The van der Waals surface area contributed by atoms with E-state index in [1.807, 2.05) is 12.3 Å². The lowest BCUT2D eigenvalue weighted by atomic mass is 10.1. The number of aliphatic hydroxyl groups excluding tert-OH is 1. The summed E-state index contributed by atoms with van der Waals surface area (Å²) in [7, 11) is 0. The maximum atomic E-state index is 8.95. The number of aromatic nitrogens is 1. The van der Waals surface area contributed by atoms with Crippen molar-refractivity contribution >= 4 is 22.9 Å². The largest absolute Gasteiger partial charge is 0.396 e. The molecule has 1 aromatic rings. The zero-order chi connectivity index (χ0) is 12.3. The number of hydrogen-bond acceptors (Lipinski definition) is 4. The van der Waals surface area contributed by atoms with Gasteiger partial charge in [0.1, 0.15) is 4.99 Å². The molecule has 0 aromatic carbocycles. The number of aliphatic hydroxyl groups is 1. The Morgan fingerprint density at radius 3 is 3.18 bits per heavy atom. The van der Waals surface area contributed by atoms with Gasteiger partial charge in [-0.1, -0.05) is 12.2 Å². The lowest BCUT2D eigenvalue weighted by Gasteiger charge is -2.21. The summed E-state index contributed by atoms with van der Waals surface area (Å²) in [4.78, 5) is 6.80. The number of pyridine rings is 1. The second-order valence-corrected chi connectivity index (χ2v) is 4.81. The second-order valence-electron chi connectivity index (χ2n) is 4.37. The van der Waals surface area contributed by atoms with E-state index in [0.29, 0.717) is 10.9 Å². The van der Waals surface area contributed by atoms with Crippen LogP contribution in [0.25, 0.3) is 0 Å². The molecule has 1 aromatic heterocycles. The molecule has 4 nitrogen and oxygen atoms in total. The lowest BCUT2D eigenvalue weighted by molar-refractivity contribution is 0.263. The number of anilines is 1. The van der Waals surface area contributed by atoms with Crippen molar-refractivity contribution < 1.29 is 5.11 Å². The highest BCUT2D eigenvalue weighted by Crippen LogP contribution is 2.27. The van der Waals surface area contributed by atoms with Gasteiger partial charge in [-0.3, -0.25) is 4.98 Å². The fraction of sp³-hybridized carbons (Fsp3) is 0.500. The van der Waals surface area contributed by atoms with Gasteiger partial charge in [0.15, 0.2) is 0 Å². The van der Waals surface area contributed by atoms with E-state index in [0.717, 1.165) is 37.2 Å². The molecule has 92 valence electrons. The van der Waals surface area contributed by atoms with Crippen LogP contribution in [0.2, 0.25) is 0 Å². The van der Waals surface area contributed by atoms with Gasteiger partial charge in [0.25, 0.3) is 0 Å². The monoisotopic (exact) mass is 251 g/mol. The third-order valence-electron chi connectivity index (χ3n) is 3.23. The van der Waals surface area contributed by atoms with Crippen LogP contribution in [0.15, 0.2) is 18.5 Å². The third-order valence-corrected chi connectivity index (χ3v) is 3.45. The first-order valence-corrected chi connectivity index (χ1v) is 6.23. The molecule has 5 heteroatoms. The Morgan fingerprint density at radius 1 is 1.65 bits per heavy atom. The molecule has 1 aliphatic rings. The quantitative estimate of drug-likeness (QED) is 0.779. The van der Waals surface area contributed by atoms with Crippen molar-refractivity contribution in [3.05, 3.63) is 24.0 Å². The van der Waals surface area contributed by atoms with Crippen LogP contribution in [0.3, 0.4) is 0 Å². The highest BCUT2D eigenvalue weighted by Gasteiger charge is 2.24. The van der Waals surface area contributed by atoms with E-state index in [9.17, 15) is 0 Å². The number of thiocarbonyl (C=S) groups is 1. The first-order chi connectivity index (χ1) is 8.22. The first kappa shape index (κ1) is 12.3. The van der Waals surface area contributed by atoms with Crippen LogP contribution in [0, 0.1) is 5.92 Å². The zero-order valence-electron chi connectivity index (χ0n) is 9.67. The van der Waals surface area contributed by atoms with Crippen molar-refractivity contribution in [1.29, 1.82) is 0 Å². The minimum Gasteiger partial charge on any atom is -0.396 e. The van der Waals surface area contributed by atoms with E-state index < -0.39 is 0 Å². The molecule has 1 fully saturated rings. The van der Waals surface area contributed by atoms with Crippen molar-refractivity contribution in [2.45, 2.75) is 12.8 Å². The molecule has 0 radical (unpaired) electrons. The van der Waals surface area contributed by atoms with Gasteiger partial charge in [0.05, 0.1) is 11.9 Å². The van der Waals surface area contributed by atoms with Crippen LogP contribution >= 0.6 is 12.2 Å². The summed E-state index contributed by atoms with van der Waals surface area (Å²) in [6.45, 7) is 2.18. The molecule has 2 rings (SSSR count). The molecule has 1 saturated heterocycles. The van der Waals surface area contributed by atoms with Crippen molar-refractivity contribution in [2.24, 2.45) is 11.7 Å². The summed E-state index contributed by atoms with van der Waals surface area (Å²) in [6.07, 6.45) is 5.49. The molecular weight excluding hydrogens is 234 g/mol. The number of hydrogen-bond donors (Lipinski definition) is 2. The SMILES string of the molecule is NC(=S)c1ccncc1N1CCC(CCO)C1. The Morgan fingerprint density at radius 2 is 2.47 bits per heavy atom. The molecule has 0 bridgehead atoms. The molecule has 3 N–H and O–H groups in total. The molecule has 0 amide bonds. The van der Waals surface area contributed by atoms with Gasteiger partial charge in [0, 0.05) is 31.5 Å². The second kappa shape index (κ2) is 5.42. The van der Waals surface area contributed by atoms with Crippen LogP contribution in [-0.4, -0.2) is 34.8 Å². The molecule has 1 aliphatic heterocycles. The highest BCUT2D eigenvalue weighted by atomic mass is 32.1. The molecule has 1 unspecified atom stereocenters. The van der Waals surface area contributed by atoms with Gasteiger partial charge < -0.3 is 15.7 Å². The standard InChI is InChI=1S/C12H17N3OS/c13-12(17)10-1-4-14-7-11(10)15-5-2-9(8-15)3-6-16/h1,4,7,9,16H,2-3,5-6,8H2,(H2,13,17). The van der Waals surface area contributed by atoms with Crippen LogP contribution in [-0.2, 0) is 0 Å². The Labute approximate surface area is 106 Å². The maximum absolute atomic E-state index is 8.95. The average Bonchev–Trinajstić information content (AvgIpc) is 2.78. The zero-order valence-corrected chi connectivity index (χ0v) is 10.5. The maximum Gasteiger partial charge on any atom is 0.106 e. The van der Waals surface area contributed by atoms with Crippen molar-refractivity contribution in [3.63, 3.8) is 0 Å². The lowest BCUT2D eigenvalue weighted by Crippen LogP contribution is -2.24. The van der Waals surface area contributed by atoms with Gasteiger partial charge >= 0.3 is 0 Å². The molecule has 17 heavy (non-hydrogen) atoms. The van der Waals surface area contributed by atoms with Crippen LogP contribution in [0.4, 0.5) is 5.69 Å². The molecule has 0 spiro atoms. The molecule has 0 saturated carbocycles. The predicted octanol–water partition coefficient (Wildman–Crippen LogP) is 0.924. The van der Waals surface area contributed by atoms with Crippen LogP contribution in [0.1, 0.15) is 18.4 Å². The fourth-order valence-corrected chi connectivity index (χ4v) is 2.49. The van der Waals surface area contributed by atoms with Crippen LogP contribution in [0.5, 0.6) is 0 Å². The average molecular weight is 251 g/mol. The summed E-state index contributed by atoms with van der Waals surface area (Å²) < 4.78 is 0. The van der Waals surface area contributed by atoms with E-state index in [-0.39, 0.29) is 6.61 Å². The smallest absolute Gasteiger partial charge is 0.106 e. The van der Waals surface area contributed by atoms with Crippen LogP contribution < -0.4 is 10.6 Å². The Balaban J connectivity index is 2.16. The summed E-state index contributed by atoms with van der Waals surface area (Å²) in [5, 5.41) is 8.95. The number of nitrogens with two attached hydrogens (primary N) is 1. The van der Waals surface area contributed by atoms with Crippen molar-refractivity contribution in [2.75, 3.05) is 24.6 Å². The fourth-order valence-electron chi connectivity index (χ4n) is 2.32. The Bertz CT molecular complexity index is 410. The van der Waals surface area contributed by atoms with Gasteiger partial charge in [-0.25, -0.2) is 0 Å². The van der Waals surface area contributed by atoms with E-state index in [4.69, 9.17) is 23.1 Å². The minimum atomic E-state index is 0.258. The van der Waals surface area contributed by atoms with E-state index >= 15 is 0 Å². The summed E-state index contributed by atoms with van der Waals surface area (Å²) in [5.41, 5.74) is 7.62. The predicted molar refractivity (Wildman–Crippen MR) is 72.1 cm³/mol. The molecular formula is C12H17N3OS. The molecule has 1 atom stereocenters. The number of rotatable bonds is 4. The normalized spacial score (nSPS) is 19.6. The Hall–Kier alpha value is -1.20. The summed E-state index contributed by atoms with van der Waals surface area (Å²) >= 11 is 5.05. The third kappa shape index (κ3) is 2.73. The summed E-state index contributed by atoms with van der Waals surface area (Å²) in [6, 6.07) is 1.86. The van der Waals surface area contributed by atoms with E-state index in [1.54, 1.807) is 6.20 Å². The first-order valence-electron chi connectivity index (χ1n) is 5.82. The van der Waals surface area contributed by atoms with E-state index in [2.05, 4.69) is 9.88 Å². The van der Waals surface area contributed by atoms with Gasteiger partial charge in [-0.15, -0.1) is 0 Å². The van der Waals surface area contributed by atoms with Gasteiger partial charge in [0.2, 0.25) is 0 Å². The van der Waals surface area contributed by atoms with Crippen molar-refractivity contribution in [1.82, 2.24) is 4.98 Å². The molecule has 2 heterocycles. The van der Waals surface area contributed by atoms with Crippen molar-refractivity contribution in [3.8, 4) is 0 Å². The highest BCUT2D eigenvalue weighted by molar-refractivity contribution is 7.80. The van der Waals surface area contributed by atoms with Gasteiger partial charge in [-0.05, 0) is 24.8 Å². The summed E-state index contributed by atoms with van der Waals surface area (Å²) in [5.74, 6) is 0.555. The van der Waals surface area contributed by atoms with Gasteiger partial charge in [-0.2, -0.15) is 0 Å².